The minimum Gasteiger partial charge on any atom is -0.375 e. The zero-order chi connectivity index (χ0) is 23.8. The van der Waals surface area contributed by atoms with Crippen LogP contribution in [0.25, 0.3) is 11.1 Å². The molecule has 2 aromatic carbocycles. The lowest BCUT2D eigenvalue weighted by molar-refractivity contribution is 0.394. The second-order valence-corrected chi connectivity index (χ2v) is 8.50. The SMILES string of the molecule is C=CCCCN(C)c1ccc(-c2ccc(N=C3C=CC(N(CC)CC)=CC3=C)c(C)c2)cc1. The van der Waals surface area contributed by atoms with E-state index in [1.54, 1.807) is 0 Å². The maximum atomic E-state index is 4.91. The number of allylic oxidation sites excluding steroid dienone is 5. The van der Waals surface area contributed by atoms with Gasteiger partial charge in [0.15, 0.2) is 0 Å². The second kappa shape index (κ2) is 11.5. The van der Waals surface area contributed by atoms with Crippen LogP contribution in [0.1, 0.15) is 32.3 Å². The quantitative estimate of drug-likeness (QED) is 0.282. The van der Waals surface area contributed by atoms with E-state index in [4.69, 9.17) is 4.99 Å². The zero-order valence-corrected chi connectivity index (χ0v) is 20.6. The molecule has 1 aliphatic carbocycles. The fourth-order valence-corrected chi connectivity index (χ4v) is 4.07. The van der Waals surface area contributed by atoms with Crippen LogP contribution < -0.4 is 4.90 Å². The third-order valence-corrected chi connectivity index (χ3v) is 6.17. The fourth-order valence-electron chi connectivity index (χ4n) is 4.07. The summed E-state index contributed by atoms with van der Waals surface area (Å²) in [5, 5.41) is 0. The molecule has 0 aromatic heterocycles. The van der Waals surface area contributed by atoms with Crippen molar-refractivity contribution in [2.24, 2.45) is 4.99 Å². The number of nitrogens with zero attached hydrogens (tertiary/aromatic N) is 3. The first-order valence-electron chi connectivity index (χ1n) is 11.9. The molecule has 0 N–H and O–H groups in total. The topological polar surface area (TPSA) is 18.8 Å². The van der Waals surface area contributed by atoms with Gasteiger partial charge in [0.25, 0.3) is 0 Å². The van der Waals surface area contributed by atoms with Gasteiger partial charge >= 0.3 is 0 Å². The van der Waals surface area contributed by atoms with Crippen LogP contribution in [0.3, 0.4) is 0 Å². The first-order chi connectivity index (χ1) is 16.0. The zero-order valence-electron chi connectivity index (χ0n) is 20.6. The smallest absolute Gasteiger partial charge is 0.0704 e. The van der Waals surface area contributed by atoms with E-state index in [1.165, 1.54) is 22.5 Å². The Morgan fingerprint density at radius 3 is 2.27 bits per heavy atom. The highest BCUT2D eigenvalue weighted by Gasteiger charge is 2.12. The van der Waals surface area contributed by atoms with Crippen molar-refractivity contribution in [2.45, 2.75) is 33.6 Å². The molecule has 2 aromatic rings. The van der Waals surface area contributed by atoms with Crippen LogP contribution in [0.5, 0.6) is 0 Å². The van der Waals surface area contributed by atoms with Crippen LogP contribution in [0.15, 0.2) is 96.2 Å². The lowest BCUT2D eigenvalue weighted by Crippen LogP contribution is -2.23. The number of likely N-dealkylation sites (N-methyl/N-ethyl adjacent to an activating group) is 1. The van der Waals surface area contributed by atoms with Gasteiger partial charge in [-0.05, 0) is 98.4 Å². The van der Waals surface area contributed by atoms with E-state index in [1.807, 2.05) is 6.08 Å². The largest absolute Gasteiger partial charge is 0.375 e. The number of unbranched alkanes of at least 4 members (excludes halogenated alkanes) is 1. The van der Waals surface area contributed by atoms with Crippen molar-refractivity contribution in [3.8, 4) is 11.1 Å². The first kappa shape index (κ1) is 24.3. The van der Waals surface area contributed by atoms with Gasteiger partial charge in [0.05, 0.1) is 11.4 Å². The predicted molar refractivity (Wildman–Crippen MR) is 146 cm³/mol. The summed E-state index contributed by atoms with van der Waals surface area (Å²) >= 11 is 0. The van der Waals surface area contributed by atoms with E-state index < -0.39 is 0 Å². The van der Waals surface area contributed by atoms with Crippen molar-refractivity contribution in [2.75, 3.05) is 31.6 Å². The Hall–Kier alpha value is -3.33. The number of hydrogen-bond donors (Lipinski definition) is 0. The summed E-state index contributed by atoms with van der Waals surface area (Å²) in [6.45, 7) is 17.5. The van der Waals surface area contributed by atoms with Crippen molar-refractivity contribution in [1.82, 2.24) is 4.90 Å². The number of benzene rings is 2. The summed E-state index contributed by atoms with van der Waals surface area (Å²) in [5.74, 6) is 0. The fraction of sp³-hybridized carbons (Fsp3) is 0.300. The normalized spacial score (nSPS) is 14.4. The molecule has 0 fully saturated rings. The molecule has 33 heavy (non-hydrogen) atoms. The minimum absolute atomic E-state index is 0.922. The summed E-state index contributed by atoms with van der Waals surface area (Å²) in [4.78, 5) is 9.52. The summed E-state index contributed by atoms with van der Waals surface area (Å²) in [6, 6.07) is 15.3. The van der Waals surface area contributed by atoms with E-state index in [0.717, 1.165) is 55.0 Å². The molecule has 0 amide bonds. The number of rotatable bonds is 10. The average molecular weight is 440 g/mol. The van der Waals surface area contributed by atoms with Gasteiger partial charge < -0.3 is 9.80 Å². The number of aryl methyl sites for hydroxylation is 1. The lowest BCUT2D eigenvalue weighted by atomic mass is 10.0. The standard InChI is InChI=1S/C30H37N3/c1-7-10-11-20-32(6)27-15-12-25(13-16-27)26-14-18-29(23(4)21-26)31-30-19-17-28(22-24(30)5)33(8-2)9-3/h7,12-19,21-22H,1,5,8-11,20H2,2-4,6H3. The van der Waals surface area contributed by atoms with Gasteiger partial charge in [-0.1, -0.05) is 30.9 Å². The number of hydrogen-bond acceptors (Lipinski definition) is 3. The molecule has 0 heterocycles. The Kier molecular flexibility index (Phi) is 8.48. The second-order valence-electron chi connectivity index (χ2n) is 8.50. The average Bonchev–Trinajstić information content (AvgIpc) is 2.83. The Morgan fingerprint density at radius 1 is 0.970 bits per heavy atom. The van der Waals surface area contributed by atoms with Crippen molar-refractivity contribution in [3.05, 3.63) is 96.8 Å². The molecule has 0 saturated heterocycles. The van der Waals surface area contributed by atoms with E-state index in [9.17, 15) is 0 Å². The summed E-state index contributed by atoms with van der Waals surface area (Å²) in [6.07, 6.45) is 10.5. The van der Waals surface area contributed by atoms with Gasteiger partial charge in [-0.15, -0.1) is 6.58 Å². The molecule has 3 rings (SSSR count). The van der Waals surface area contributed by atoms with E-state index in [0.29, 0.717) is 0 Å². The molecule has 172 valence electrons. The molecule has 3 nitrogen and oxygen atoms in total. The number of anilines is 1. The lowest BCUT2D eigenvalue weighted by Gasteiger charge is -2.24. The Labute approximate surface area is 200 Å². The van der Waals surface area contributed by atoms with E-state index >= 15 is 0 Å². The van der Waals surface area contributed by atoms with Crippen LogP contribution in [-0.2, 0) is 0 Å². The molecule has 0 unspecified atom stereocenters. The highest BCUT2D eigenvalue weighted by Crippen LogP contribution is 2.29. The first-order valence-corrected chi connectivity index (χ1v) is 11.9. The monoisotopic (exact) mass is 439 g/mol. The van der Waals surface area contributed by atoms with Crippen molar-refractivity contribution < 1.29 is 0 Å². The molecular weight excluding hydrogens is 402 g/mol. The van der Waals surface area contributed by atoms with Crippen LogP contribution in [0.4, 0.5) is 11.4 Å². The molecule has 0 radical (unpaired) electrons. The molecule has 0 aliphatic heterocycles. The van der Waals surface area contributed by atoms with Crippen LogP contribution in [-0.4, -0.2) is 37.3 Å². The van der Waals surface area contributed by atoms with E-state index in [-0.39, 0.29) is 0 Å². The maximum Gasteiger partial charge on any atom is 0.0704 e. The van der Waals surface area contributed by atoms with Crippen molar-refractivity contribution in [3.63, 3.8) is 0 Å². The third kappa shape index (κ3) is 6.13. The molecule has 1 aliphatic rings. The van der Waals surface area contributed by atoms with Gasteiger partial charge in [0.1, 0.15) is 0 Å². The molecule has 0 bridgehead atoms. The Morgan fingerprint density at radius 2 is 1.67 bits per heavy atom. The van der Waals surface area contributed by atoms with Crippen molar-refractivity contribution >= 4 is 17.1 Å². The number of aliphatic imine (C=N–C) groups is 1. The maximum absolute atomic E-state index is 4.91. The van der Waals surface area contributed by atoms with Gasteiger partial charge in [-0.25, -0.2) is 4.99 Å². The van der Waals surface area contributed by atoms with E-state index in [2.05, 4.69) is 111 Å². The van der Waals surface area contributed by atoms with Crippen LogP contribution in [0.2, 0.25) is 0 Å². The predicted octanol–water partition coefficient (Wildman–Crippen LogP) is 7.49. The third-order valence-electron chi connectivity index (χ3n) is 6.17. The van der Waals surface area contributed by atoms with Gasteiger partial charge in [0, 0.05) is 38.1 Å². The summed E-state index contributed by atoms with van der Waals surface area (Å²) < 4.78 is 0. The van der Waals surface area contributed by atoms with Crippen LogP contribution in [0, 0.1) is 6.92 Å². The Bertz CT molecular complexity index is 1070. The van der Waals surface area contributed by atoms with Gasteiger partial charge in [-0.3, -0.25) is 0 Å². The summed E-state index contributed by atoms with van der Waals surface area (Å²) in [5.41, 5.74) is 8.88. The minimum atomic E-state index is 0.922. The molecular formula is C30H37N3. The van der Waals surface area contributed by atoms with Crippen LogP contribution >= 0.6 is 0 Å². The molecule has 0 spiro atoms. The Balaban J connectivity index is 1.74. The van der Waals surface area contributed by atoms with Gasteiger partial charge in [-0.2, -0.15) is 0 Å². The molecule has 0 atom stereocenters. The molecule has 3 heteroatoms. The van der Waals surface area contributed by atoms with Gasteiger partial charge in [0.2, 0.25) is 0 Å². The highest BCUT2D eigenvalue weighted by atomic mass is 15.1. The molecule has 0 saturated carbocycles. The van der Waals surface area contributed by atoms with Crippen molar-refractivity contribution in [1.29, 1.82) is 0 Å². The highest BCUT2D eigenvalue weighted by molar-refractivity contribution is 6.12. The summed E-state index contributed by atoms with van der Waals surface area (Å²) in [7, 11) is 2.14.